The summed E-state index contributed by atoms with van der Waals surface area (Å²) in [7, 11) is 0. The van der Waals surface area contributed by atoms with Crippen molar-refractivity contribution in [3.8, 4) is 0 Å². The Hall–Kier alpha value is -1.28. The van der Waals surface area contributed by atoms with Crippen LogP contribution in [-0.4, -0.2) is 11.2 Å². The lowest BCUT2D eigenvalue weighted by Crippen LogP contribution is -2.55. The van der Waals surface area contributed by atoms with Crippen LogP contribution >= 0.6 is 0 Å². The van der Waals surface area contributed by atoms with E-state index >= 15 is 0 Å². The van der Waals surface area contributed by atoms with E-state index in [1.54, 1.807) is 12.5 Å². The van der Waals surface area contributed by atoms with Crippen molar-refractivity contribution in [2.75, 3.05) is 0 Å². The minimum atomic E-state index is -0.258. The lowest BCUT2D eigenvalue weighted by molar-refractivity contribution is -0.111. The highest BCUT2D eigenvalue weighted by Gasteiger charge is 2.55. The zero-order chi connectivity index (χ0) is 16.0. The number of aliphatic hydroxyl groups excluding tert-OH is 1. The first kappa shape index (κ1) is 15.6. The van der Waals surface area contributed by atoms with Gasteiger partial charge in [0, 0.05) is 11.5 Å². The van der Waals surface area contributed by atoms with Gasteiger partial charge in [0.05, 0.1) is 18.6 Å². The second kappa shape index (κ2) is 5.42. The van der Waals surface area contributed by atoms with Crippen molar-refractivity contribution in [1.29, 1.82) is 0 Å². The van der Waals surface area contributed by atoms with Gasteiger partial charge in [0.1, 0.15) is 0 Å². The zero-order valence-electron chi connectivity index (χ0n) is 14.0. The minimum absolute atomic E-state index is 0.0940. The quantitative estimate of drug-likeness (QED) is 0.774. The van der Waals surface area contributed by atoms with E-state index in [1.165, 1.54) is 18.4 Å². The van der Waals surface area contributed by atoms with Crippen LogP contribution in [0.25, 0.3) is 6.08 Å². The van der Waals surface area contributed by atoms with Crippen LogP contribution < -0.4 is 0 Å². The van der Waals surface area contributed by atoms with Crippen LogP contribution in [0.5, 0.6) is 0 Å². The van der Waals surface area contributed by atoms with E-state index in [0.29, 0.717) is 11.8 Å². The fraction of sp³-hybridized carbons (Fsp3) is 0.600. The summed E-state index contributed by atoms with van der Waals surface area (Å²) in [5, 5.41) is 10.7. The second-order valence-electron chi connectivity index (χ2n) is 8.15. The standard InChI is InChI=1S/C20H28O2/c1-14-12-17(21)18-19(2,3)9-5-10-20(18,4)16(14)7-6-15-8-11-22-13-15/h6-8,11,13,16-18,21H,1,5,9-10,12H2,2-4H3/t16?,17?,18?,20-/m1/s1. The molecule has 1 heterocycles. The van der Waals surface area contributed by atoms with E-state index in [9.17, 15) is 5.11 Å². The topological polar surface area (TPSA) is 33.4 Å². The summed E-state index contributed by atoms with van der Waals surface area (Å²) >= 11 is 0. The van der Waals surface area contributed by atoms with Crippen molar-refractivity contribution < 1.29 is 9.52 Å². The van der Waals surface area contributed by atoms with E-state index < -0.39 is 0 Å². The number of hydrogen-bond donors (Lipinski definition) is 1. The summed E-state index contributed by atoms with van der Waals surface area (Å²) in [4.78, 5) is 0. The number of aliphatic hydroxyl groups is 1. The maximum atomic E-state index is 10.7. The predicted octanol–water partition coefficient (Wildman–Crippen LogP) is 5.06. The molecule has 2 saturated carbocycles. The fourth-order valence-corrected chi connectivity index (χ4v) is 5.35. The highest BCUT2D eigenvalue weighted by atomic mass is 16.3. The van der Waals surface area contributed by atoms with Crippen molar-refractivity contribution in [3.05, 3.63) is 42.4 Å². The number of hydrogen-bond acceptors (Lipinski definition) is 2. The van der Waals surface area contributed by atoms with Gasteiger partial charge in [-0.3, -0.25) is 0 Å². The number of allylic oxidation sites excluding steroid dienone is 1. The number of rotatable bonds is 2. The first-order chi connectivity index (χ1) is 10.3. The Morgan fingerprint density at radius 3 is 2.77 bits per heavy atom. The first-order valence-corrected chi connectivity index (χ1v) is 8.41. The van der Waals surface area contributed by atoms with E-state index in [0.717, 1.165) is 18.4 Å². The van der Waals surface area contributed by atoms with Gasteiger partial charge in [0.2, 0.25) is 0 Å². The lowest BCUT2D eigenvalue weighted by Gasteiger charge is -2.59. The highest BCUT2D eigenvalue weighted by molar-refractivity contribution is 5.49. The van der Waals surface area contributed by atoms with Gasteiger partial charge in [0.25, 0.3) is 0 Å². The summed E-state index contributed by atoms with van der Waals surface area (Å²) in [5.41, 5.74) is 2.55. The van der Waals surface area contributed by atoms with Crippen molar-refractivity contribution in [2.24, 2.45) is 22.7 Å². The molecular formula is C20H28O2. The molecule has 22 heavy (non-hydrogen) atoms. The SMILES string of the molecule is C=C1CC(O)C2C(C)(C)CCC[C@]2(C)C1C=Cc1ccoc1. The molecule has 3 unspecified atom stereocenters. The summed E-state index contributed by atoms with van der Waals surface area (Å²) in [6, 6.07) is 1.97. The van der Waals surface area contributed by atoms with Crippen LogP contribution in [0.2, 0.25) is 0 Å². The third kappa shape index (κ3) is 2.48. The number of furan rings is 1. The Labute approximate surface area is 133 Å². The van der Waals surface area contributed by atoms with Crippen molar-refractivity contribution in [1.82, 2.24) is 0 Å². The predicted molar refractivity (Wildman–Crippen MR) is 90.2 cm³/mol. The molecule has 3 rings (SSSR count). The molecule has 0 aliphatic heterocycles. The molecule has 0 radical (unpaired) electrons. The Bertz CT molecular complexity index is 567. The normalized spacial score (nSPS) is 38.2. The van der Waals surface area contributed by atoms with E-state index in [2.05, 4.69) is 39.5 Å². The zero-order valence-corrected chi connectivity index (χ0v) is 14.0. The lowest BCUT2D eigenvalue weighted by atomic mass is 9.47. The van der Waals surface area contributed by atoms with E-state index in [4.69, 9.17) is 4.42 Å². The first-order valence-electron chi connectivity index (χ1n) is 8.41. The second-order valence-corrected chi connectivity index (χ2v) is 8.15. The largest absolute Gasteiger partial charge is 0.472 e. The van der Waals surface area contributed by atoms with Gasteiger partial charge in [0.15, 0.2) is 0 Å². The van der Waals surface area contributed by atoms with Gasteiger partial charge < -0.3 is 9.52 Å². The molecular weight excluding hydrogens is 272 g/mol. The smallest absolute Gasteiger partial charge is 0.0974 e. The van der Waals surface area contributed by atoms with Crippen molar-refractivity contribution in [3.63, 3.8) is 0 Å². The third-order valence-corrected chi connectivity index (χ3v) is 6.12. The van der Waals surface area contributed by atoms with Gasteiger partial charge in [-0.15, -0.1) is 0 Å². The van der Waals surface area contributed by atoms with Gasteiger partial charge in [-0.2, -0.15) is 0 Å². The molecule has 2 heteroatoms. The molecule has 2 aliphatic carbocycles. The molecule has 1 N–H and O–H groups in total. The molecule has 0 bridgehead atoms. The van der Waals surface area contributed by atoms with Gasteiger partial charge in [-0.1, -0.05) is 51.5 Å². The fourth-order valence-electron chi connectivity index (χ4n) is 5.35. The summed E-state index contributed by atoms with van der Waals surface area (Å²) in [6.45, 7) is 11.3. The summed E-state index contributed by atoms with van der Waals surface area (Å²) in [6.07, 6.45) is 12.0. The average Bonchev–Trinajstić information content (AvgIpc) is 2.89. The Morgan fingerprint density at radius 2 is 2.09 bits per heavy atom. The average molecular weight is 300 g/mol. The van der Waals surface area contributed by atoms with Gasteiger partial charge in [-0.05, 0) is 42.1 Å². The maximum Gasteiger partial charge on any atom is 0.0974 e. The van der Waals surface area contributed by atoms with Crippen LogP contribution in [0.15, 0.2) is 41.2 Å². The van der Waals surface area contributed by atoms with Crippen LogP contribution in [0.1, 0.15) is 52.0 Å². The third-order valence-electron chi connectivity index (χ3n) is 6.12. The van der Waals surface area contributed by atoms with E-state index in [1.807, 2.05) is 6.07 Å². The van der Waals surface area contributed by atoms with Crippen LogP contribution in [0.4, 0.5) is 0 Å². The Balaban J connectivity index is 1.96. The van der Waals surface area contributed by atoms with Crippen LogP contribution in [0, 0.1) is 22.7 Å². The molecule has 0 saturated heterocycles. The van der Waals surface area contributed by atoms with Gasteiger partial charge >= 0.3 is 0 Å². The van der Waals surface area contributed by atoms with Gasteiger partial charge in [-0.25, -0.2) is 0 Å². The molecule has 120 valence electrons. The molecule has 1 aromatic heterocycles. The molecule has 0 spiro atoms. The van der Waals surface area contributed by atoms with Crippen LogP contribution in [0.3, 0.4) is 0 Å². The maximum absolute atomic E-state index is 10.7. The summed E-state index contributed by atoms with van der Waals surface area (Å²) in [5.74, 6) is 0.661. The van der Waals surface area contributed by atoms with Crippen LogP contribution in [-0.2, 0) is 0 Å². The highest BCUT2D eigenvalue weighted by Crippen LogP contribution is 2.61. The Kier molecular flexibility index (Phi) is 3.84. The number of fused-ring (bicyclic) bond motifs is 1. The molecule has 1 aromatic rings. The Morgan fingerprint density at radius 1 is 1.32 bits per heavy atom. The molecule has 0 amide bonds. The molecule has 2 fully saturated rings. The monoisotopic (exact) mass is 300 g/mol. The minimum Gasteiger partial charge on any atom is -0.472 e. The molecule has 4 atom stereocenters. The van der Waals surface area contributed by atoms with Crippen molar-refractivity contribution in [2.45, 2.75) is 52.6 Å². The van der Waals surface area contributed by atoms with Crippen molar-refractivity contribution >= 4 is 6.08 Å². The molecule has 2 aliphatic rings. The summed E-state index contributed by atoms with van der Waals surface area (Å²) < 4.78 is 5.15. The molecule has 0 aromatic carbocycles. The molecule has 2 nitrogen and oxygen atoms in total. The van der Waals surface area contributed by atoms with E-state index in [-0.39, 0.29) is 16.9 Å².